The lowest BCUT2D eigenvalue weighted by molar-refractivity contribution is -0.158. The van der Waals surface area contributed by atoms with Crippen molar-refractivity contribution in [1.29, 1.82) is 0 Å². The number of carbonyl (C=O) groups excluding carboxylic acids is 2. The molecule has 7 heteroatoms. The maximum atomic E-state index is 13.2. The van der Waals surface area contributed by atoms with Gasteiger partial charge in [-0.2, -0.15) is 0 Å². The van der Waals surface area contributed by atoms with Crippen LogP contribution in [-0.2, 0) is 14.3 Å². The van der Waals surface area contributed by atoms with E-state index >= 15 is 0 Å². The number of likely N-dealkylation sites (tertiary alicyclic amines) is 1. The number of hydrogen-bond acceptors (Lipinski definition) is 5. The van der Waals surface area contributed by atoms with Crippen molar-refractivity contribution in [2.45, 2.75) is 37.3 Å². The molecular weight excluding hydrogens is 320 g/mol. The molecule has 3 heterocycles. The molecule has 25 heavy (non-hydrogen) atoms. The summed E-state index contributed by atoms with van der Waals surface area (Å²) in [5, 5.41) is 0. The zero-order valence-electron chi connectivity index (χ0n) is 15.9. The zero-order valence-corrected chi connectivity index (χ0v) is 15.9. The van der Waals surface area contributed by atoms with E-state index in [1.807, 2.05) is 23.9 Å². The molecule has 2 amide bonds. The smallest absolute Gasteiger partial charge is 0.251 e. The van der Waals surface area contributed by atoms with Gasteiger partial charge in [-0.25, -0.2) is 0 Å². The van der Waals surface area contributed by atoms with E-state index in [1.165, 1.54) is 0 Å². The van der Waals surface area contributed by atoms with Gasteiger partial charge < -0.3 is 19.4 Å². The molecule has 1 atom stereocenters. The normalized spacial score (nSPS) is 27.5. The van der Waals surface area contributed by atoms with Crippen LogP contribution in [0.4, 0.5) is 0 Å². The third kappa shape index (κ3) is 3.68. The molecule has 0 aromatic carbocycles. The minimum absolute atomic E-state index is 0.114. The predicted molar refractivity (Wildman–Crippen MR) is 95.3 cm³/mol. The Hall–Kier alpha value is -1.18. The van der Waals surface area contributed by atoms with E-state index in [9.17, 15) is 9.59 Å². The summed E-state index contributed by atoms with van der Waals surface area (Å²) in [6.07, 6.45) is 2.98. The number of likely N-dealkylation sites (N-methyl/N-ethyl adjacent to an activating group) is 2. The van der Waals surface area contributed by atoms with E-state index in [0.29, 0.717) is 19.7 Å². The summed E-state index contributed by atoms with van der Waals surface area (Å²) < 4.78 is 5.54. The second-order valence-corrected chi connectivity index (χ2v) is 7.88. The van der Waals surface area contributed by atoms with Gasteiger partial charge in [-0.05, 0) is 46.8 Å². The Morgan fingerprint density at radius 1 is 1.24 bits per heavy atom. The molecule has 7 nitrogen and oxygen atoms in total. The number of carbonyl (C=O) groups is 2. The molecular formula is C18H32N4O3. The lowest BCUT2D eigenvalue weighted by Crippen LogP contribution is -2.68. The number of rotatable bonds is 4. The number of amides is 2. The van der Waals surface area contributed by atoms with Crippen LogP contribution in [0, 0.1) is 0 Å². The highest BCUT2D eigenvalue weighted by Gasteiger charge is 2.50. The molecule has 3 aliphatic heterocycles. The Balaban J connectivity index is 1.62. The number of ether oxygens (including phenoxy) is 1. The van der Waals surface area contributed by atoms with Crippen LogP contribution in [0.25, 0.3) is 0 Å². The fraction of sp³-hybridized carbons (Fsp3) is 0.889. The van der Waals surface area contributed by atoms with Gasteiger partial charge in [0.25, 0.3) is 5.91 Å². The molecule has 0 saturated carbocycles. The molecule has 0 aromatic rings. The summed E-state index contributed by atoms with van der Waals surface area (Å²) in [7, 11) is 6.12. The molecule has 3 aliphatic rings. The highest BCUT2D eigenvalue weighted by atomic mass is 16.5. The van der Waals surface area contributed by atoms with Gasteiger partial charge in [-0.1, -0.05) is 0 Å². The molecule has 0 unspecified atom stereocenters. The Morgan fingerprint density at radius 3 is 2.56 bits per heavy atom. The Kier molecular flexibility index (Phi) is 5.65. The van der Waals surface area contributed by atoms with Crippen molar-refractivity contribution >= 4 is 11.8 Å². The van der Waals surface area contributed by atoms with Crippen molar-refractivity contribution in [3.05, 3.63) is 0 Å². The van der Waals surface area contributed by atoms with Gasteiger partial charge in [0.1, 0.15) is 11.6 Å². The largest absolute Gasteiger partial charge is 0.368 e. The molecule has 0 N–H and O–H groups in total. The van der Waals surface area contributed by atoms with Crippen LogP contribution in [-0.4, -0.2) is 110 Å². The van der Waals surface area contributed by atoms with Crippen LogP contribution in [0.15, 0.2) is 0 Å². The van der Waals surface area contributed by atoms with Gasteiger partial charge in [0.2, 0.25) is 5.91 Å². The van der Waals surface area contributed by atoms with E-state index in [4.69, 9.17) is 4.74 Å². The fourth-order valence-electron chi connectivity index (χ4n) is 4.25. The molecule has 0 radical (unpaired) electrons. The molecule has 142 valence electrons. The summed E-state index contributed by atoms with van der Waals surface area (Å²) in [5.41, 5.74) is -0.433. The number of piperazine rings is 1. The molecule has 3 fully saturated rings. The fourth-order valence-corrected chi connectivity index (χ4v) is 4.25. The Morgan fingerprint density at radius 2 is 1.96 bits per heavy atom. The summed E-state index contributed by atoms with van der Waals surface area (Å²) in [6, 6.07) is 0. The topological polar surface area (TPSA) is 56.3 Å². The average Bonchev–Trinajstić information content (AvgIpc) is 3.14. The summed E-state index contributed by atoms with van der Waals surface area (Å²) in [6.45, 7) is 5.35. The first-order chi connectivity index (χ1) is 11.9. The maximum absolute atomic E-state index is 13.2. The number of piperidine rings is 1. The number of hydrogen-bond donors (Lipinski definition) is 0. The Labute approximate surface area is 150 Å². The minimum Gasteiger partial charge on any atom is -0.368 e. The van der Waals surface area contributed by atoms with Gasteiger partial charge in [0, 0.05) is 45.9 Å². The van der Waals surface area contributed by atoms with Gasteiger partial charge >= 0.3 is 0 Å². The van der Waals surface area contributed by atoms with E-state index in [-0.39, 0.29) is 17.9 Å². The standard InChI is InChI=1S/C18H32N4O3/c1-19(2)10-12-22-13-11-20(3)18(17(22)24)6-8-21(9-7-18)16(23)15-5-4-14-25-15/h15H,4-14H2,1-3H3/t15-/m0/s1. The predicted octanol–water partition coefficient (Wildman–Crippen LogP) is -0.138. The second-order valence-electron chi connectivity index (χ2n) is 7.88. The first-order valence-corrected chi connectivity index (χ1v) is 9.50. The first-order valence-electron chi connectivity index (χ1n) is 9.50. The van der Waals surface area contributed by atoms with Crippen LogP contribution in [0.2, 0.25) is 0 Å². The molecule has 3 saturated heterocycles. The minimum atomic E-state index is -0.433. The second kappa shape index (κ2) is 7.60. The number of nitrogens with zero attached hydrogens (tertiary/aromatic N) is 4. The van der Waals surface area contributed by atoms with E-state index in [1.54, 1.807) is 0 Å². The molecule has 3 rings (SSSR count). The van der Waals surface area contributed by atoms with Crippen molar-refractivity contribution in [1.82, 2.24) is 19.6 Å². The van der Waals surface area contributed by atoms with E-state index < -0.39 is 5.54 Å². The van der Waals surface area contributed by atoms with Gasteiger partial charge in [-0.15, -0.1) is 0 Å². The van der Waals surface area contributed by atoms with Crippen LogP contribution in [0.3, 0.4) is 0 Å². The molecule has 0 aliphatic carbocycles. The van der Waals surface area contributed by atoms with Crippen molar-refractivity contribution in [3.63, 3.8) is 0 Å². The van der Waals surface area contributed by atoms with Gasteiger partial charge in [-0.3, -0.25) is 14.5 Å². The SMILES string of the molecule is CN(C)CCN1CCN(C)C2(CCN(C(=O)[C@@H]3CCCO3)CC2)C1=O. The van der Waals surface area contributed by atoms with Crippen molar-refractivity contribution in [2.75, 3.05) is 67.0 Å². The third-order valence-corrected chi connectivity index (χ3v) is 6.05. The summed E-state index contributed by atoms with van der Waals surface area (Å²) >= 11 is 0. The summed E-state index contributed by atoms with van der Waals surface area (Å²) in [5.74, 6) is 0.357. The monoisotopic (exact) mass is 352 g/mol. The average molecular weight is 352 g/mol. The molecule has 0 aromatic heterocycles. The van der Waals surface area contributed by atoms with Crippen LogP contribution in [0.1, 0.15) is 25.7 Å². The van der Waals surface area contributed by atoms with Crippen molar-refractivity contribution in [3.8, 4) is 0 Å². The highest BCUT2D eigenvalue weighted by molar-refractivity contribution is 5.88. The van der Waals surface area contributed by atoms with Crippen LogP contribution in [0.5, 0.6) is 0 Å². The maximum Gasteiger partial charge on any atom is 0.251 e. The lowest BCUT2D eigenvalue weighted by atomic mass is 9.82. The lowest BCUT2D eigenvalue weighted by Gasteiger charge is -2.51. The highest BCUT2D eigenvalue weighted by Crippen LogP contribution is 2.33. The zero-order chi connectivity index (χ0) is 18.0. The molecule has 0 bridgehead atoms. The molecule has 1 spiro atoms. The summed E-state index contributed by atoms with van der Waals surface area (Å²) in [4.78, 5) is 34.0. The Bertz CT molecular complexity index is 497. The van der Waals surface area contributed by atoms with Crippen molar-refractivity contribution in [2.24, 2.45) is 0 Å². The third-order valence-electron chi connectivity index (χ3n) is 6.05. The van der Waals surface area contributed by atoms with Gasteiger partial charge in [0.05, 0.1) is 0 Å². The van der Waals surface area contributed by atoms with E-state index in [0.717, 1.165) is 51.9 Å². The van der Waals surface area contributed by atoms with Crippen LogP contribution >= 0.6 is 0 Å². The first kappa shape index (κ1) is 18.6. The van der Waals surface area contributed by atoms with E-state index in [2.05, 4.69) is 16.8 Å². The van der Waals surface area contributed by atoms with Crippen LogP contribution < -0.4 is 0 Å². The van der Waals surface area contributed by atoms with Gasteiger partial charge in [0.15, 0.2) is 0 Å². The van der Waals surface area contributed by atoms with Crippen molar-refractivity contribution < 1.29 is 14.3 Å². The quantitative estimate of drug-likeness (QED) is 0.705.